The van der Waals surface area contributed by atoms with Gasteiger partial charge in [0.05, 0.1) is 27.9 Å². The molecule has 0 aliphatic carbocycles. The van der Waals surface area contributed by atoms with Gasteiger partial charge in [0.25, 0.3) is 0 Å². The summed E-state index contributed by atoms with van der Waals surface area (Å²) in [6.07, 6.45) is -3.02. The predicted octanol–water partition coefficient (Wildman–Crippen LogP) is 4.19. The molecule has 3 atom stereocenters. The van der Waals surface area contributed by atoms with Crippen LogP contribution in [-0.4, -0.2) is 47.2 Å². The Morgan fingerprint density at radius 3 is 2.58 bits per heavy atom. The van der Waals surface area contributed by atoms with Crippen molar-refractivity contribution in [2.75, 3.05) is 30.1 Å². The number of benzene rings is 1. The van der Waals surface area contributed by atoms with Crippen LogP contribution < -0.4 is 15.0 Å². The molecular formula is C20H21F5N4O3S. The number of halogens is 5. The van der Waals surface area contributed by atoms with Gasteiger partial charge >= 0.3 is 6.18 Å². The van der Waals surface area contributed by atoms with Crippen LogP contribution in [0.2, 0.25) is 0 Å². The Kier molecular flexibility index (Phi) is 6.30. The van der Waals surface area contributed by atoms with Gasteiger partial charge < -0.3 is 15.0 Å². The third-order valence-corrected chi connectivity index (χ3v) is 6.49. The standard InChI is InChI=1S/C20H21F5N4O3S/c1-19(20(23,24)25)9-14(18(30)28-11-6-7-27-15(8-11)33(3,26)31)29(10-19)13-5-4-12(21)16(22)17(13)32-2/h4-8,14,26H,9-10H2,1-3H3,(H,27,28,30)/t14-,19+,33+/m0/s1. The molecule has 1 saturated heterocycles. The van der Waals surface area contributed by atoms with Crippen molar-refractivity contribution in [3.8, 4) is 5.75 Å². The molecule has 1 amide bonds. The van der Waals surface area contributed by atoms with Crippen LogP contribution in [0.15, 0.2) is 35.5 Å². The van der Waals surface area contributed by atoms with Gasteiger partial charge in [0.15, 0.2) is 11.6 Å². The monoisotopic (exact) mass is 492 g/mol. The minimum atomic E-state index is -4.69. The molecule has 0 bridgehead atoms. The Labute approximate surface area is 186 Å². The predicted molar refractivity (Wildman–Crippen MR) is 111 cm³/mol. The molecule has 180 valence electrons. The van der Waals surface area contributed by atoms with Crippen molar-refractivity contribution in [1.29, 1.82) is 4.78 Å². The maximum Gasteiger partial charge on any atom is 0.396 e. The lowest BCUT2D eigenvalue weighted by molar-refractivity contribution is -0.210. The lowest BCUT2D eigenvalue weighted by Gasteiger charge is -2.29. The first kappa shape index (κ1) is 24.7. The van der Waals surface area contributed by atoms with E-state index in [1.54, 1.807) is 0 Å². The van der Waals surface area contributed by atoms with Crippen molar-refractivity contribution in [1.82, 2.24) is 4.98 Å². The summed E-state index contributed by atoms with van der Waals surface area (Å²) in [6, 6.07) is 2.89. The number of hydrogen-bond acceptors (Lipinski definition) is 6. The van der Waals surface area contributed by atoms with Crippen LogP contribution in [0.1, 0.15) is 13.3 Å². The topological polar surface area (TPSA) is 95.4 Å². The highest BCUT2D eigenvalue weighted by Gasteiger charge is 2.59. The SMILES string of the molecule is COc1c(N2C[C@](C)(C(F)(F)F)C[C@H]2C(=O)Nc2ccnc([S@](C)(=N)=O)c2)ccc(F)c1F. The van der Waals surface area contributed by atoms with Gasteiger partial charge in [-0.2, -0.15) is 17.6 Å². The lowest BCUT2D eigenvalue weighted by atomic mass is 9.87. The Hall–Kier alpha value is -2.96. The first-order valence-electron chi connectivity index (χ1n) is 9.54. The molecule has 1 aromatic carbocycles. The van der Waals surface area contributed by atoms with E-state index in [1.165, 1.54) is 18.3 Å². The summed E-state index contributed by atoms with van der Waals surface area (Å²) in [5.41, 5.74) is -2.46. The molecule has 2 N–H and O–H groups in total. The smallest absolute Gasteiger partial charge is 0.396 e. The number of hydrogen-bond donors (Lipinski definition) is 2. The molecule has 2 aromatic rings. The van der Waals surface area contributed by atoms with E-state index in [-0.39, 0.29) is 16.4 Å². The average Bonchev–Trinajstić information content (AvgIpc) is 3.08. The van der Waals surface area contributed by atoms with Gasteiger partial charge in [-0.25, -0.2) is 18.4 Å². The number of ether oxygens (including phenoxy) is 1. The van der Waals surface area contributed by atoms with Crippen molar-refractivity contribution in [2.24, 2.45) is 5.41 Å². The maximum atomic E-state index is 14.3. The number of nitrogens with one attached hydrogen (secondary N) is 2. The number of amides is 1. The van der Waals surface area contributed by atoms with Crippen molar-refractivity contribution in [2.45, 2.75) is 30.6 Å². The molecule has 7 nitrogen and oxygen atoms in total. The van der Waals surface area contributed by atoms with Crippen LogP contribution in [0.4, 0.5) is 33.3 Å². The fraction of sp³-hybridized carbons (Fsp3) is 0.400. The highest BCUT2D eigenvalue weighted by Crippen LogP contribution is 2.50. The number of nitrogens with zero attached hydrogens (tertiary/aromatic N) is 2. The summed E-state index contributed by atoms with van der Waals surface area (Å²) in [7, 11) is -2.17. The quantitative estimate of drug-likeness (QED) is 0.611. The molecule has 1 aliphatic rings. The molecule has 1 aliphatic heterocycles. The van der Waals surface area contributed by atoms with Crippen molar-refractivity contribution < 1.29 is 35.7 Å². The molecule has 2 heterocycles. The van der Waals surface area contributed by atoms with Crippen LogP contribution in [0, 0.1) is 21.8 Å². The number of anilines is 2. The second-order valence-electron chi connectivity index (χ2n) is 8.04. The van der Waals surface area contributed by atoms with E-state index >= 15 is 0 Å². The van der Waals surface area contributed by atoms with E-state index in [9.17, 15) is 31.0 Å². The van der Waals surface area contributed by atoms with E-state index in [4.69, 9.17) is 9.52 Å². The summed E-state index contributed by atoms with van der Waals surface area (Å²) in [5, 5.41) is 2.32. The molecule has 33 heavy (non-hydrogen) atoms. The minimum absolute atomic E-state index is 0.0737. The van der Waals surface area contributed by atoms with Gasteiger partial charge in [0.1, 0.15) is 11.1 Å². The van der Waals surface area contributed by atoms with Gasteiger partial charge in [0, 0.05) is 24.7 Å². The second-order valence-corrected chi connectivity index (χ2v) is 10.1. The summed E-state index contributed by atoms with van der Waals surface area (Å²) in [6.45, 7) is 0.240. The summed E-state index contributed by atoms with van der Waals surface area (Å²) in [5.74, 6) is -4.12. The number of aromatic nitrogens is 1. The van der Waals surface area contributed by atoms with Crippen molar-refractivity contribution in [3.63, 3.8) is 0 Å². The molecule has 1 fully saturated rings. The number of pyridine rings is 1. The molecule has 0 saturated carbocycles. The highest BCUT2D eigenvalue weighted by atomic mass is 32.2. The first-order valence-corrected chi connectivity index (χ1v) is 11.5. The van der Waals surface area contributed by atoms with E-state index < -0.39 is 63.6 Å². The van der Waals surface area contributed by atoms with Gasteiger partial charge in [-0.15, -0.1) is 0 Å². The van der Waals surface area contributed by atoms with E-state index in [1.807, 2.05) is 0 Å². The number of alkyl halides is 3. The normalized spacial score (nSPS) is 22.7. The number of carbonyl (C=O) groups excluding carboxylic acids is 1. The Morgan fingerprint density at radius 1 is 1.33 bits per heavy atom. The summed E-state index contributed by atoms with van der Waals surface area (Å²) < 4.78 is 93.8. The molecule has 0 unspecified atom stereocenters. The molecule has 3 rings (SSSR count). The number of rotatable bonds is 5. The Bertz CT molecular complexity index is 1190. The van der Waals surface area contributed by atoms with Gasteiger partial charge in [-0.1, -0.05) is 0 Å². The highest BCUT2D eigenvalue weighted by molar-refractivity contribution is 7.91. The number of methoxy groups -OCH3 is 1. The zero-order chi connectivity index (χ0) is 24.8. The Balaban J connectivity index is 2.02. The van der Waals surface area contributed by atoms with E-state index in [0.717, 1.165) is 37.3 Å². The third kappa shape index (κ3) is 4.72. The van der Waals surface area contributed by atoms with Crippen LogP contribution in [0.25, 0.3) is 0 Å². The fourth-order valence-electron chi connectivity index (χ4n) is 3.65. The first-order chi connectivity index (χ1) is 15.2. The number of carbonyl (C=O) groups is 1. The van der Waals surface area contributed by atoms with E-state index in [0.29, 0.717) is 0 Å². The van der Waals surface area contributed by atoms with Crippen LogP contribution in [0.3, 0.4) is 0 Å². The summed E-state index contributed by atoms with van der Waals surface area (Å²) in [4.78, 5) is 17.9. The zero-order valence-electron chi connectivity index (χ0n) is 17.8. The van der Waals surface area contributed by atoms with Crippen molar-refractivity contribution >= 4 is 27.0 Å². The average molecular weight is 492 g/mol. The van der Waals surface area contributed by atoms with E-state index in [2.05, 4.69) is 10.3 Å². The lowest BCUT2D eigenvalue weighted by Crippen LogP contribution is -2.40. The third-order valence-electron chi connectivity index (χ3n) is 5.47. The van der Waals surface area contributed by atoms with Crippen LogP contribution in [-0.2, 0) is 14.5 Å². The summed E-state index contributed by atoms with van der Waals surface area (Å²) >= 11 is 0. The van der Waals surface area contributed by atoms with Crippen molar-refractivity contribution in [3.05, 3.63) is 42.1 Å². The fourth-order valence-corrected chi connectivity index (χ4v) is 4.26. The Morgan fingerprint density at radius 2 is 2.00 bits per heavy atom. The zero-order valence-corrected chi connectivity index (χ0v) is 18.6. The molecule has 0 spiro atoms. The minimum Gasteiger partial charge on any atom is -0.491 e. The van der Waals surface area contributed by atoms with Crippen LogP contribution >= 0.6 is 0 Å². The molecule has 13 heteroatoms. The molecule has 0 radical (unpaired) electrons. The second kappa shape index (κ2) is 8.43. The maximum absolute atomic E-state index is 14.3. The van der Waals surface area contributed by atoms with Gasteiger partial charge in [0.2, 0.25) is 11.7 Å². The molecule has 1 aromatic heterocycles. The van der Waals surface area contributed by atoms with Gasteiger partial charge in [-0.3, -0.25) is 4.79 Å². The van der Waals surface area contributed by atoms with Gasteiger partial charge in [-0.05, 0) is 37.6 Å². The van der Waals surface area contributed by atoms with Crippen LogP contribution in [0.5, 0.6) is 5.75 Å². The largest absolute Gasteiger partial charge is 0.491 e. The molecular weight excluding hydrogens is 471 g/mol.